The molecule has 0 bridgehead atoms. The molecule has 0 heterocycles. The van der Waals surface area contributed by atoms with Gasteiger partial charge in [0, 0.05) is 11.8 Å². The first-order chi connectivity index (χ1) is 24.7. The first kappa shape index (κ1) is 35.5. The highest BCUT2D eigenvalue weighted by atomic mass is 16.5. The Balaban J connectivity index is 1.04. The van der Waals surface area contributed by atoms with E-state index in [2.05, 4.69) is 57.2 Å². The van der Waals surface area contributed by atoms with Crippen molar-refractivity contribution in [3.63, 3.8) is 0 Å². The van der Waals surface area contributed by atoms with Crippen molar-refractivity contribution in [1.29, 1.82) is 0 Å². The van der Waals surface area contributed by atoms with Gasteiger partial charge in [-0.05, 0) is 160 Å². The minimum absolute atomic E-state index is 0.0635. The number of benzene rings is 3. The fourth-order valence-electron chi connectivity index (χ4n) is 10.8. The topological polar surface area (TPSA) is 61.8 Å². The number of carbonyl (C=O) groups excluding carboxylic acids is 2. The van der Waals surface area contributed by atoms with E-state index in [1.54, 1.807) is 0 Å². The van der Waals surface area contributed by atoms with Gasteiger partial charge in [-0.25, -0.2) is 4.79 Å². The normalized spacial score (nSPS) is 30.2. The largest absolute Gasteiger partial charge is 0.494 e. The van der Waals surface area contributed by atoms with Crippen LogP contribution in [0.5, 0.6) is 11.5 Å². The number of rotatable bonds is 11. The van der Waals surface area contributed by atoms with E-state index < -0.39 is 0 Å². The molecule has 5 nitrogen and oxygen atoms in total. The molecule has 0 amide bonds. The van der Waals surface area contributed by atoms with Crippen LogP contribution in [0.2, 0.25) is 0 Å². The summed E-state index contributed by atoms with van der Waals surface area (Å²) in [5, 5.41) is 0. The van der Waals surface area contributed by atoms with Gasteiger partial charge in [-0.2, -0.15) is 0 Å². The second-order valence-corrected chi connectivity index (χ2v) is 16.3. The van der Waals surface area contributed by atoms with E-state index in [9.17, 15) is 9.59 Å². The third kappa shape index (κ3) is 7.15. The first-order valence-corrected chi connectivity index (χ1v) is 19.6. The number of fused-ring (bicyclic) bond motifs is 5. The van der Waals surface area contributed by atoms with Gasteiger partial charge >= 0.3 is 5.97 Å². The quantitative estimate of drug-likeness (QED) is 0.114. The smallest absolute Gasteiger partial charge is 0.339 e. The molecule has 7 atom stereocenters. The zero-order valence-corrected chi connectivity index (χ0v) is 31.1. The fourth-order valence-corrected chi connectivity index (χ4v) is 10.8. The number of hydrogen-bond acceptors (Lipinski definition) is 5. The second kappa shape index (κ2) is 15.0. The van der Waals surface area contributed by atoms with Crippen molar-refractivity contribution in [1.82, 2.24) is 0 Å². The number of Topliss-reactive ketones (excluding diaryl/α,β-unsaturated/α-hetero) is 1. The lowest BCUT2D eigenvalue weighted by Gasteiger charge is -2.60. The van der Waals surface area contributed by atoms with Crippen LogP contribution in [-0.2, 0) is 9.53 Å². The van der Waals surface area contributed by atoms with Crippen LogP contribution in [0.25, 0.3) is 11.6 Å². The molecule has 4 aliphatic carbocycles. The third-order valence-electron chi connectivity index (χ3n) is 13.5. The summed E-state index contributed by atoms with van der Waals surface area (Å²) in [5.74, 6) is 4.45. The number of ketones is 1. The number of ether oxygens (including phenoxy) is 3. The summed E-state index contributed by atoms with van der Waals surface area (Å²) in [6.07, 6.45) is 13.2. The minimum atomic E-state index is -0.210. The van der Waals surface area contributed by atoms with Crippen LogP contribution in [0.15, 0.2) is 72.8 Å². The molecule has 0 saturated heterocycles. The van der Waals surface area contributed by atoms with Crippen molar-refractivity contribution in [2.75, 3.05) is 13.2 Å². The Morgan fingerprint density at radius 3 is 2.37 bits per heavy atom. The molecule has 0 aliphatic heterocycles. The van der Waals surface area contributed by atoms with E-state index in [1.165, 1.54) is 19.3 Å². The molecule has 0 spiro atoms. The monoisotopic (exact) mass is 688 g/mol. The Morgan fingerprint density at radius 1 is 0.843 bits per heavy atom. The summed E-state index contributed by atoms with van der Waals surface area (Å²) in [6, 6.07) is 24.1. The molecule has 3 aromatic carbocycles. The molecule has 4 aliphatic rings. The zero-order valence-electron chi connectivity index (χ0n) is 31.1. The van der Waals surface area contributed by atoms with Crippen molar-refractivity contribution < 1.29 is 23.8 Å². The van der Waals surface area contributed by atoms with Crippen LogP contribution in [0, 0.1) is 41.4 Å². The number of hydrogen-bond donors (Lipinski definition) is 0. The molecule has 5 heteroatoms. The Kier molecular flexibility index (Phi) is 10.5. The maximum atomic E-state index is 14.2. The van der Waals surface area contributed by atoms with Gasteiger partial charge in [-0.1, -0.05) is 62.4 Å². The summed E-state index contributed by atoms with van der Waals surface area (Å²) in [7, 11) is 0. The molecular formula is C46H56O5. The van der Waals surface area contributed by atoms with Gasteiger partial charge in [0.15, 0.2) is 0 Å². The molecule has 51 heavy (non-hydrogen) atoms. The summed E-state index contributed by atoms with van der Waals surface area (Å²) in [5.41, 5.74) is 5.11. The third-order valence-corrected chi connectivity index (χ3v) is 13.5. The summed E-state index contributed by atoms with van der Waals surface area (Å²) in [6.45, 7) is 10.1. The van der Waals surface area contributed by atoms with Crippen LogP contribution in [0.3, 0.4) is 0 Å². The molecule has 270 valence electrons. The van der Waals surface area contributed by atoms with Gasteiger partial charge in [0.1, 0.15) is 23.4 Å². The Hall–Kier alpha value is -3.86. The molecule has 7 rings (SSSR count). The number of allylic oxidation sites excluding steroid dienone is 1. The van der Waals surface area contributed by atoms with E-state index in [4.69, 9.17) is 14.2 Å². The SMILES string of the molecule is CCOc1ccc(OCCC/C(=C/c2ccccc2)c2c(C)cccc2C(=O)O[C@H]2CC[C@@]3(C)C(CC[C@@H]4[C@@H]3CC[C@]3(C)C(=O)CC[C@@H]43)C2)cc1. The molecule has 0 aromatic heterocycles. The second-order valence-electron chi connectivity index (χ2n) is 16.3. The van der Waals surface area contributed by atoms with Crippen molar-refractivity contribution in [2.45, 2.75) is 104 Å². The Morgan fingerprint density at radius 2 is 1.61 bits per heavy atom. The van der Waals surface area contributed by atoms with E-state index >= 15 is 0 Å². The molecule has 1 unspecified atom stereocenters. The van der Waals surface area contributed by atoms with Gasteiger partial charge in [-0.15, -0.1) is 0 Å². The Labute approximate surface area is 305 Å². The average Bonchev–Trinajstić information content (AvgIpc) is 3.44. The number of esters is 1. The lowest BCUT2D eigenvalue weighted by atomic mass is 9.45. The predicted molar refractivity (Wildman–Crippen MR) is 204 cm³/mol. The minimum Gasteiger partial charge on any atom is -0.494 e. The van der Waals surface area contributed by atoms with Crippen LogP contribution >= 0.6 is 0 Å². The molecule has 0 radical (unpaired) electrons. The molecular weight excluding hydrogens is 633 g/mol. The van der Waals surface area contributed by atoms with Gasteiger partial charge in [0.05, 0.1) is 18.8 Å². The van der Waals surface area contributed by atoms with E-state index in [0.29, 0.717) is 48.2 Å². The summed E-state index contributed by atoms with van der Waals surface area (Å²) >= 11 is 0. The van der Waals surface area contributed by atoms with Crippen molar-refractivity contribution in [3.8, 4) is 11.5 Å². The zero-order chi connectivity index (χ0) is 35.6. The maximum Gasteiger partial charge on any atom is 0.339 e. The van der Waals surface area contributed by atoms with Crippen LogP contribution in [-0.4, -0.2) is 31.1 Å². The molecule has 3 aromatic rings. The molecule has 0 N–H and O–H groups in total. The highest BCUT2D eigenvalue weighted by Crippen LogP contribution is 2.65. The lowest BCUT2D eigenvalue weighted by molar-refractivity contribution is -0.142. The van der Waals surface area contributed by atoms with Gasteiger partial charge in [-0.3, -0.25) is 4.79 Å². The van der Waals surface area contributed by atoms with Gasteiger partial charge < -0.3 is 14.2 Å². The predicted octanol–water partition coefficient (Wildman–Crippen LogP) is 10.9. The van der Waals surface area contributed by atoms with Crippen LogP contribution in [0.4, 0.5) is 0 Å². The average molecular weight is 689 g/mol. The summed E-state index contributed by atoms with van der Waals surface area (Å²) in [4.78, 5) is 27.1. The Bertz CT molecular complexity index is 1730. The maximum absolute atomic E-state index is 14.2. The highest BCUT2D eigenvalue weighted by Gasteiger charge is 2.60. The van der Waals surface area contributed by atoms with E-state index in [-0.39, 0.29) is 22.9 Å². The summed E-state index contributed by atoms with van der Waals surface area (Å²) < 4.78 is 18.1. The lowest BCUT2D eigenvalue weighted by Crippen LogP contribution is -2.54. The first-order valence-electron chi connectivity index (χ1n) is 19.6. The van der Waals surface area contributed by atoms with E-state index in [1.807, 2.05) is 49.4 Å². The van der Waals surface area contributed by atoms with Crippen molar-refractivity contribution in [2.24, 2.45) is 34.5 Å². The van der Waals surface area contributed by atoms with E-state index in [0.717, 1.165) is 85.1 Å². The van der Waals surface area contributed by atoms with Crippen LogP contribution in [0.1, 0.15) is 118 Å². The van der Waals surface area contributed by atoms with Crippen molar-refractivity contribution in [3.05, 3.63) is 95.1 Å². The number of carbonyl (C=O) groups is 2. The van der Waals surface area contributed by atoms with Gasteiger partial charge in [0.2, 0.25) is 0 Å². The highest BCUT2D eigenvalue weighted by molar-refractivity contribution is 5.99. The standard InChI is InChI=1S/C46H56O5/c1-5-49-35-17-19-36(20-18-35)50-28-10-14-33(29-32-12-7-6-8-13-32)43-31(2)11-9-15-39(43)44(48)51-37-24-26-45(3)34(30-37)16-21-38-40-22-23-42(47)46(40,4)27-25-41(38)45/h6-9,11-13,15,17-20,29,34,37-38,40-41H,5,10,14,16,21-28,30H2,1-4H3/b33-29-/t34?,37-,38-,40-,41-,45-,46-/m0/s1. The van der Waals surface area contributed by atoms with Crippen molar-refractivity contribution >= 4 is 23.4 Å². The fraction of sp³-hybridized carbons (Fsp3) is 0.522. The van der Waals surface area contributed by atoms with Gasteiger partial charge in [0.25, 0.3) is 0 Å². The molecule has 4 fully saturated rings. The number of aryl methyl sites for hydroxylation is 1. The van der Waals surface area contributed by atoms with Crippen LogP contribution < -0.4 is 9.47 Å². The molecule has 4 saturated carbocycles.